The molecule has 0 saturated carbocycles. The average Bonchev–Trinajstić information content (AvgIpc) is 2.80. The molecule has 0 radical (unpaired) electrons. The van der Waals surface area contributed by atoms with Gasteiger partial charge in [-0.3, -0.25) is 0 Å². The third-order valence-corrected chi connectivity index (χ3v) is 4.81. The molecule has 2 aromatic rings. The summed E-state index contributed by atoms with van der Waals surface area (Å²) in [6, 6.07) is 0. The van der Waals surface area contributed by atoms with Gasteiger partial charge in [0.25, 0.3) is 0 Å². The van der Waals surface area contributed by atoms with Crippen LogP contribution < -0.4 is 0 Å². The first kappa shape index (κ1) is 14.5. The van der Waals surface area contributed by atoms with Gasteiger partial charge in [0.15, 0.2) is 0 Å². The molecule has 0 aromatic carbocycles. The Morgan fingerprint density at radius 1 is 1.39 bits per heavy atom. The van der Waals surface area contributed by atoms with E-state index in [1.165, 1.54) is 11.3 Å². The van der Waals surface area contributed by atoms with Crippen molar-refractivity contribution in [2.75, 3.05) is 13.1 Å². The third-order valence-electron chi connectivity index (χ3n) is 4.81. The quantitative estimate of drug-likeness (QED) is 0.811. The van der Waals surface area contributed by atoms with E-state index in [2.05, 4.69) is 15.0 Å². The topological polar surface area (TPSA) is 71.1 Å². The number of nitrogens with one attached hydrogen (secondary N) is 1. The fourth-order valence-corrected chi connectivity index (χ4v) is 3.79. The van der Waals surface area contributed by atoms with Crippen LogP contribution in [0.15, 0.2) is 12.5 Å². The van der Waals surface area contributed by atoms with E-state index in [9.17, 15) is 4.79 Å². The number of likely N-dealkylation sites (tertiary alicyclic amines) is 1. The summed E-state index contributed by atoms with van der Waals surface area (Å²) in [5, 5.41) is 0. The lowest BCUT2D eigenvalue weighted by molar-refractivity contribution is -0.0394. The van der Waals surface area contributed by atoms with Crippen molar-refractivity contribution in [2.24, 2.45) is 5.41 Å². The molecule has 6 nitrogen and oxygen atoms in total. The zero-order valence-electron chi connectivity index (χ0n) is 13.8. The molecule has 0 unspecified atom stereocenters. The monoisotopic (exact) mass is 314 g/mol. The highest BCUT2D eigenvalue weighted by Gasteiger charge is 2.48. The SMILES string of the molecule is CC(C)(C)OC(=O)N1CC2(CCc3[nH]c4cncnc4c3C2)C1. The molecule has 1 spiro atoms. The molecule has 4 rings (SSSR count). The van der Waals surface area contributed by atoms with Crippen molar-refractivity contribution in [1.29, 1.82) is 0 Å². The molecule has 3 heterocycles. The van der Waals surface area contributed by atoms with E-state index in [1.54, 1.807) is 6.33 Å². The van der Waals surface area contributed by atoms with Crippen LogP contribution in [0, 0.1) is 5.41 Å². The van der Waals surface area contributed by atoms with Gasteiger partial charge in [-0.25, -0.2) is 14.8 Å². The Bertz CT molecular complexity index is 768. The molecule has 2 aromatic heterocycles. The van der Waals surface area contributed by atoms with Gasteiger partial charge in [0.2, 0.25) is 0 Å². The maximum Gasteiger partial charge on any atom is 0.410 e. The van der Waals surface area contributed by atoms with Gasteiger partial charge in [0.1, 0.15) is 11.9 Å². The summed E-state index contributed by atoms with van der Waals surface area (Å²) in [7, 11) is 0. The minimum absolute atomic E-state index is 0.185. The van der Waals surface area contributed by atoms with Crippen LogP contribution in [0.25, 0.3) is 11.0 Å². The van der Waals surface area contributed by atoms with Crippen LogP contribution in [-0.2, 0) is 17.6 Å². The molecule has 122 valence electrons. The number of carbonyl (C=O) groups is 1. The summed E-state index contributed by atoms with van der Waals surface area (Å²) in [6.07, 6.45) is 6.31. The molecule has 0 atom stereocenters. The highest BCUT2D eigenvalue weighted by molar-refractivity contribution is 5.80. The Hall–Kier alpha value is -2.11. The van der Waals surface area contributed by atoms with E-state index in [0.717, 1.165) is 43.4 Å². The van der Waals surface area contributed by atoms with Crippen molar-refractivity contribution in [1.82, 2.24) is 19.9 Å². The number of hydrogen-bond acceptors (Lipinski definition) is 4. The Morgan fingerprint density at radius 2 is 2.17 bits per heavy atom. The third kappa shape index (κ3) is 2.46. The van der Waals surface area contributed by atoms with Gasteiger partial charge < -0.3 is 14.6 Å². The molecular weight excluding hydrogens is 292 g/mol. The number of hydrogen-bond donors (Lipinski definition) is 1. The van der Waals surface area contributed by atoms with Crippen molar-refractivity contribution in [3.05, 3.63) is 23.8 Å². The maximum absolute atomic E-state index is 12.2. The lowest BCUT2D eigenvalue weighted by Crippen LogP contribution is -2.61. The van der Waals surface area contributed by atoms with E-state index in [1.807, 2.05) is 31.9 Å². The van der Waals surface area contributed by atoms with Crippen molar-refractivity contribution in [3.63, 3.8) is 0 Å². The molecule has 1 N–H and O–H groups in total. The molecule has 1 amide bonds. The number of H-pyrrole nitrogens is 1. The van der Waals surface area contributed by atoms with Crippen LogP contribution >= 0.6 is 0 Å². The highest BCUT2D eigenvalue weighted by atomic mass is 16.6. The van der Waals surface area contributed by atoms with Crippen molar-refractivity contribution in [2.45, 2.75) is 45.6 Å². The second-order valence-electron chi connectivity index (χ2n) is 7.88. The number of nitrogens with zero attached hydrogens (tertiary/aromatic N) is 3. The van der Waals surface area contributed by atoms with Gasteiger partial charge in [-0.05, 0) is 45.6 Å². The molecule has 0 bridgehead atoms. The number of fused-ring (bicyclic) bond motifs is 3. The zero-order valence-corrected chi connectivity index (χ0v) is 13.8. The molecule has 6 heteroatoms. The van der Waals surface area contributed by atoms with E-state index in [4.69, 9.17) is 4.74 Å². The van der Waals surface area contributed by atoms with Gasteiger partial charge in [0, 0.05) is 24.2 Å². The van der Waals surface area contributed by atoms with Gasteiger partial charge in [0.05, 0.1) is 17.2 Å². The van der Waals surface area contributed by atoms with Crippen LogP contribution in [0.3, 0.4) is 0 Å². The first-order chi connectivity index (χ1) is 10.9. The maximum atomic E-state index is 12.2. The minimum atomic E-state index is -0.437. The van der Waals surface area contributed by atoms with Crippen molar-refractivity contribution in [3.8, 4) is 0 Å². The smallest absolute Gasteiger partial charge is 0.410 e. The van der Waals surface area contributed by atoms with Crippen LogP contribution in [0.5, 0.6) is 0 Å². The van der Waals surface area contributed by atoms with E-state index in [-0.39, 0.29) is 11.5 Å². The number of aryl methyl sites for hydroxylation is 1. The number of rotatable bonds is 0. The first-order valence-electron chi connectivity index (χ1n) is 8.13. The number of amides is 1. The van der Waals surface area contributed by atoms with E-state index < -0.39 is 5.60 Å². The van der Waals surface area contributed by atoms with Crippen LogP contribution in [0.1, 0.15) is 38.4 Å². The Labute approximate surface area is 135 Å². The van der Waals surface area contributed by atoms with Gasteiger partial charge in [-0.2, -0.15) is 0 Å². The predicted molar refractivity (Wildman–Crippen MR) is 86.2 cm³/mol. The van der Waals surface area contributed by atoms with Crippen LogP contribution in [0.4, 0.5) is 4.79 Å². The second-order valence-corrected chi connectivity index (χ2v) is 7.88. The summed E-state index contributed by atoms with van der Waals surface area (Å²) in [5.74, 6) is 0. The molecule has 1 saturated heterocycles. The number of ether oxygens (including phenoxy) is 1. The standard InChI is InChI=1S/C17H22N4O2/c1-16(2,3)23-15(22)21-8-17(9-21)5-4-12-11(6-17)14-13(20-12)7-18-10-19-14/h7,10,20H,4-6,8-9H2,1-3H3. The van der Waals surface area contributed by atoms with Crippen LogP contribution in [-0.4, -0.2) is 44.6 Å². The Kier molecular flexibility index (Phi) is 2.95. The lowest BCUT2D eigenvalue weighted by Gasteiger charge is -2.51. The zero-order chi connectivity index (χ0) is 16.2. The molecule has 2 aliphatic rings. The summed E-state index contributed by atoms with van der Waals surface area (Å²) in [5.41, 5.74) is 4.37. The second kappa shape index (κ2) is 4.69. The number of aromatic nitrogens is 3. The summed E-state index contributed by atoms with van der Waals surface area (Å²) in [6.45, 7) is 7.26. The first-order valence-corrected chi connectivity index (χ1v) is 8.13. The average molecular weight is 314 g/mol. The largest absolute Gasteiger partial charge is 0.444 e. The summed E-state index contributed by atoms with van der Waals surface area (Å²) >= 11 is 0. The fourth-order valence-electron chi connectivity index (χ4n) is 3.79. The number of carbonyl (C=O) groups excluding carboxylic acids is 1. The lowest BCUT2D eigenvalue weighted by atomic mass is 9.68. The normalized spacial score (nSPS) is 19.5. The van der Waals surface area contributed by atoms with Crippen molar-refractivity contribution < 1.29 is 9.53 Å². The summed E-state index contributed by atoms with van der Waals surface area (Å²) in [4.78, 5) is 25.9. The van der Waals surface area contributed by atoms with Gasteiger partial charge in [-0.1, -0.05) is 0 Å². The molecule has 1 aliphatic carbocycles. The van der Waals surface area contributed by atoms with Gasteiger partial charge >= 0.3 is 6.09 Å². The van der Waals surface area contributed by atoms with Gasteiger partial charge in [-0.15, -0.1) is 0 Å². The molecule has 1 fully saturated rings. The Morgan fingerprint density at radius 3 is 2.91 bits per heavy atom. The molecule has 23 heavy (non-hydrogen) atoms. The minimum Gasteiger partial charge on any atom is -0.444 e. The Balaban J connectivity index is 1.50. The fraction of sp³-hybridized carbons (Fsp3) is 0.588. The van der Waals surface area contributed by atoms with E-state index in [0.29, 0.717) is 0 Å². The van der Waals surface area contributed by atoms with E-state index >= 15 is 0 Å². The van der Waals surface area contributed by atoms with Crippen molar-refractivity contribution >= 4 is 17.1 Å². The number of aromatic amines is 1. The molecule has 1 aliphatic heterocycles. The van der Waals surface area contributed by atoms with Crippen LogP contribution in [0.2, 0.25) is 0 Å². The summed E-state index contributed by atoms with van der Waals surface area (Å²) < 4.78 is 5.46. The molecular formula is C17H22N4O2. The highest BCUT2D eigenvalue weighted by Crippen LogP contribution is 2.44. The predicted octanol–water partition coefficient (Wildman–Crippen LogP) is 2.68.